The molecule has 2 aromatic heterocycles. The van der Waals surface area contributed by atoms with E-state index in [9.17, 15) is 9.90 Å². The highest BCUT2D eigenvalue weighted by Gasteiger charge is 2.23. The predicted molar refractivity (Wildman–Crippen MR) is 101 cm³/mol. The number of ether oxygens (including phenoxy) is 2. The summed E-state index contributed by atoms with van der Waals surface area (Å²) in [6, 6.07) is 9.05. The van der Waals surface area contributed by atoms with Crippen molar-refractivity contribution in [1.29, 1.82) is 0 Å². The molecule has 3 aromatic rings. The van der Waals surface area contributed by atoms with Crippen LogP contribution in [-0.4, -0.2) is 31.2 Å². The van der Waals surface area contributed by atoms with Gasteiger partial charge in [0.2, 0.25) is 5.88 Å². The van der Waals surface area contributed by atoms with E-state index in [1.165, 1.54) is 6.92 Å². The fourth-order valence-corrected chi connectivity index (χ4v) is 2.88. The molecule has 27 heavy (non-hydrogen) atoms. The van der Waals surface area contributed by atoms with Gasteiger partial charge in [-0.3, -0.25) is 4.79 Å². The third kappa shape index (κ3) is 4.62. The third-order valence-electron chi connectivity index (χ3n) is 4.03. The lowest BCUT2D eigenvalue weighted by Gasteiger charge is -2.25. The molecule has 1 aromatic carbocycles. The van der Waals surface area contributed by atoms with Gasteiger partial charge >= 0.3 is 5.97 Å². The fourth-order valence-electron chi connectivity index (χ4n) is 2.88. The summed E-state index contributed by atoms with van der Waals surface area (Å²) in [5.74, 6) is 0.733. The summed E-state index contributed by atoms with van der Waals surface area (Å²) >= 11 is 0. The highest BCUT2D eigenvalue weighted by atomic mass is 16.6. The molecule has 1 atom stereocenters. The van der Waals surface area contributed by atoms with Crippen molar-refractivity contribution in [2.75, 3.05) is 0 Å². The Kier molecular flexibility index (Phi) is 5.14. The van der Waals surface area contributed by atoms with Gasteiger partial charge < -0.3 is 19.1 Å². The second-order valence-corrected chi connectivity index (χ2v) is 7.08. The molecule has 0 bridgehead atoms. The maximum atomic E-state index is 11.3. The van der Waals surface area contributed by atoms with Gasteiger partial charge in [0.25, 0.3) is 0 Å². The molecular formula is C20H23N3O4. The summed E-state index contributed by atoms with van der Waals surface area (Å²) in [6.07, 6.45) is 2.73. The first-order valence-corrected chi connectivity index (χ1v) is 8.70. The van der Waals surface area contributed by atoms with Crippen molar-refractivity contribution < 1.29 is 19.4 Å². The van der Waals surface area contributed by atoms with Gasteiger partial charge in [-0.1, -0.05) is 0 Å². The Balaban J connectivity index is 1.83. The molecule has 0 spiro atoms. The number of esters is 1. The van der Waals surface area contributed by atoms with Gasteiger partial charge in [0, 0.05) is 25.3 Å². The molecule has 0 fully saturated rings. The lowest BCUT2D eigenvalue weighted by atomic mass is 10.1. The smallest absolute Gasteiger partial charge is 0.303 e. The number of aliphatic hydroxyl groups is 1. The summed E-state index contributed by atoms with van der Waals surface area (Å²) in [4.78, 5) is 19.9. The first kappa shape index (κ1) is 18.8. The summed E-state index contributed by atoms with van der Waals surface area (Å²) in [5, 5.41) is 9.56. The summed E-state index contributed by atoms with van der Waals surface area (Å²) in [6.45, 7) is 7.26. The highest BCUT2D eigenvalue weighted by Crippen LogP contribution is 2.26. The number of pyridine rings is 1. The van der Waals surface area contributed by atoms with Crippen LogP contribution in [0.1, 0.15) is 39.4 Å². The Hall–Kier alpha value is -2.93. The maximum Gasteiger partial charge on any atom is 0.303 e. The van der Waals surface area contributed by atoms with Crippen LogP contribution in [0, 0.1) is 0 Å². The SMILES string of the molecule is CC(=O)OC(C)(C)Cn1cnc2ccc(Oc3ccc(C(C)O)cn3)cc21. The Morgan fingerprint density at radius 2 is 2.04 bits per heavy atom. The minimum absolute atomic E-state index is 0.319. The van der Waals surface area contributed by atoms with Gasteiger partial charge in [0.1, 0.15) is 11.4 Å². The van der Waals surface area contributed by atoms with Crippen molar-refractivity contribution in [3.8, 4) is 11.6 Å². The Bertz CT molecular complexity index is 946. The molecule has 0 saturated carbocycles. The van der Waals surface area contributed by atoms with Crippen molar-refractivity contribution in [2.45, 2.75) is 45.9 Å². The predicted octanol–water partition coefficient (Wildman–Crippen LogP) is 3.62. The van der Waals surface area contributed by atoms with Crippen LogP contribution >= 0.6 is 0 Å². The molecule has 0 saturated heterocycles. The van der Waals surface area contributed by atoms with E-state index < -0.39 is 11.7 Å². The van der Waals surface area contributed by atoms with Crippen molar-refractivity contribution in [3.05, 3.63) is 48.4 Å². The van der Waals surface area contributed by atoms with Crippen LogP contribution in [-0.2, 0) is 16.1 Å². The minimum atomic E-state index is -0.658. The first-order chi connectivity index (χ1) is 12.7. The topological polar surface area (TPSA) is 86.5 Å². The van der Waals surface area contributed by atoms with Crippen LogP contribution in [0.4, 0.5) is 0 Å². The summed E-state index contributed by atoms with van der Waals surface area (Å²) in [5.41, 5.74) is 1.75. The van der Waals surface area contributed by atoms with E-state index in [1.807, 2.05) is 36.6 Å². The van der Waals surface area contributed by atoms with E-state index in [-0.39, 0.29) is 5.97 Å². The zero-order chi connectivity index (χ0) is 19.6. The molecule has 0 aliphatic carbocycles. The van der Waals surface area contributed by atoms with Gasteiger partial charge in [-0.25, -0.2) is 9.97 Å². The van der Waals surface area contributed by atoms with E-state index in [2.05, 4.69) is 9.97 Å². The average Bonchev–Trinajstić information content (AvgIpc) is 2.96. The van der Waals surface area contributed by atoms with Crippen LogP contribution in [0.2, 0.25) is 0 Å². The number of fused-ring (bicyclic) bond motifs is 1. The van der Waals surface area contributed by atoms with Gasteiger partial charge in [0.05, 0.1) is 30.0 Å². The number of nitrogens with zero attached hydrogens (tertiary/aromatic N) is 3. The van der Waals surface area contributed by atoms with E-state index >= 15 is 0 Å². The maximum absolute atomic E-state index is 11.3. The van der Waals surface area contributed by atoms with E-state index in [0.29, 0.717) is 18.2 Å². The molecule has 2 heterocycles. The first-order valence-electron chi connectivity index (χ1n) is 8.70. The molecule has 0 amide bonds. The molecule has 0 radical (unpaired) electrons. The van der Waals surface area contributed by atoms with Crippen molar-refractivity contribution >= 4 is 17.0 Å². The number of aliphatic hydroxyl groups excluding tert-OH is 1. The number of imidazole rings is 1. The van der Waals surface area contributed by atoms with Crippen LogP contribution in [0.3, 0.4) is 0 Å². The molecule has 142 valence electrons. The number of benzene rings is 1. The van der Waals surface area contributed by atoms with Crippen LogP contribution in [0.15, 0.2) is 42.9 Å². The molecule has 1 unspecified atom stereocenters. The Morgan fingerprint density at radius 1 is 1.26 bits per heavy atom. The highest BCUT2D eigenvalue weighted by molar-refractivity contribution is 5.77. The molecule has 7 nitrogen and oxygen atoms in total. The molecule has 7 heteroatoms. The normalized spacial score (nSPS) is 12.8. The lowest BCUT2D eigenvalue weighted by Crippen LogP contribution is -2.32. The zero-order valence-corrected chi connectivity index (χ0v) is 15.8. The monoisotopic (exact) mass is 369 g/mol. The number of rotatable bonds is 6. The number of carbonyl (C=O) groups excluding carboxylic acids is 1. The van der Waals surface area contributed by atoms with Crippen molar-refractivity contribution in [1.82, 2.24) is 14.5 Å². The Morgan fingerprint density at radius 3 is 2.67 bits per heavy atom. The van der Waals surface area contributed by atoms with E-state index in [0.717, 1.165) is 16.6 Å². The second kappa shape index (κ2) is 7.36. The molecule has 3 rings (SSSR count). The van der Waals surface area contributed by atoms with Gasteiger partial charge in [0.15, 0.2) is 0 Å². The average molecular weight is 369 g/mol. The molecule has 0 aliphatic heterocycles. The number of carbonyl (C=O) groups is 1. The number of hydrogen-bond donors (Lipinski definition) is 1. The lowest BCUT2D eigenvalue weighted by molar-refractivity contribution is -0.154. The number of hydrogen-bond acceptors (Lipinski definition) is 6. The van der Waals surface area contributed by atoms with Crippen molar-refractivity contribution in [2.24, 2.45) is 0 Å². The van der Waals surface area contributed by atoms with Crippen LogP contribution in [0.25, 0.3) is 11.0 Å². The second-order valence-electron chi connectivity index (χ2n) is 7.08. The van der Waals surface area contributed by atoms with E-state index in [4.69, 9.17) is 9.47 Å². The van der Waals surface area contributed by atoms with Gasteiger partial charge in [-0.15, -0.1) is 0 Å². The van der Waals surface area contributed by atoms with Crippen LogP contribution in [0.5, 0.6) is 11.6 Å². The molecule has 1 N–H and O–H groups in total. The quantitative estimate of drug-likeness (QED) is 0.668. The summed E-state index contributed by atoms with van der Waals surface area (Å²) < 4.78 is 13.1. The fraction of sp³-hybridized carbons (Fsp3) is 0.350. The van der Waals surface area contributed by atoms with Crippen molar-refractivity contribution in [3.63, 3.8) is 0 Å². The third-order valence-corrected chi connectivity index (χ3v) is 4.03. The van der Waals surface area contributed by atoms with Crippen LogP contribution < -0.4 is 4.74 Å². The van der Waals surface area contributed by atoms with Gasteiger partial charge in [-0.2, -0.15) is 0 Å². The summed E-state index contributed by atoms with van der Waals surface area (Å²) in [7, 11) is 0. The standard InChI is InChI=1S/C20H23N3O4/c1-13(24)15-5-8-19(21-10-15)26-16-6-7-17-18(9-16)23(12-22-17)11-20(3,4)27-14(2)25/h5-10,12-13,24H,11H2,1-4H3. The minimum Gasteiger partial charge on any atom is -0.458 e. The zero-order valence-electron chi connectivity index (χ0n) is 15.8. The largest absolute Gasteiger partial charge is 0.458 e. The van der Waals surface area contributed by atoms with E-state index in [1.54, 1.807) is 31.6 Å². The molecular weight excluding hydrogens is 346 g/mol. The van der Waals surface area contributed by atoms with Gasteiger partial charge in [-0.05, 0) is 44.5 Å². The Labute approximate surface area is 157 Å². The molecule has 0 aliphatic rings. The number of aromatic nitrogens is 3.